The minimum atomic E-state index is -0.308. The van der Waals surface area contributed by atoms with Crippen LogP contribution in [0.2, 0.25) is 0 Å². The molecule has 1 aromatic carbocycles. The van der Waals surface area contributed by atoms with E-state index in [0.29, 0.717) is 17.7 Å². The summed E-state index contributed by atoms with van der Waals surface area (Å²) in [5.74, 6) is 0.0382. The van der Waals surface area contributed by atoms with Gasteiger partial charge in [0, 0.05) is 17.5 Å². The summed E-state index contributed by atoms with van der Waals surface area (Å²) in [6, 6.07) is 4.97. The van der Waals surface area contributed by atoms with Gasteiger partial charge >= 0.3 is 0 Å². The molecule has 0 saturated carbocycles. The first kappa shape index (κ1) is 12.8. The molecule has 0 aromatic heterocycles. The van der Waals surface area contributed by atoms with Crippen LogP contribution in [0.4, 0.5) is 4.39 Å². The predicted molar refractivity (Wildman–Crippen MR) is 68.1 cm³/mol. The van der Waals surface area contributed by atoms with Gasteiger partial charge in [0.25, 0.3) is 0 Å². The molecule has 2 nitrogen and oxygen atoms in total. The van der Waals surface area contributed by atoms with E-state index in [4.69, 9.17) is 9.47 Å². The standard InChI is InChI=1S/C13H16BrFO2/c14-8-10-4-3-6-12(15)13(10)17-9-11-5-1-2-7-16-11/h3-4,6,11H,1-2,5,7-9H2. The highest BCUT2D eigenvalue weighted by molar-refractivity contribution is 9.08. The molecule has 4 heteroatoms. The molecule has 94 valence electrons. The first-order valence-electron chi connectivity index (χ1n) is 5.89. The van der Waals surface area contributed by atoms with Crippen LogP contribution in [0.25, 0.3) is 0 Å². The zero-order chi connectivity index (χ0) is 12.1. The molecule has 0 bridgehead atoms. The molecule has 1 heterocycles. The molecule has 0 aliphatic carbocycles. The summed E-state index contributed by atoms with van der Waals surface area (Å²) in [6.07, 6.45) is 3.38. The van der Waals surface area contributed by atoms with Crippen molar-refractivity contribution in [2.45, 2.75) is 30.7 Å². The molecule has 1 aliphatic heterocycles. The maximum absolute atomic E-state index is 13.6. The Bertz CT molecular complexity index is 364. The fourth-order valence-electron chi connectivity index (χ4n) is 1.94. The Morgan fingerprint density at radius 3 is 3.00 bits per heavy atom. The molecule has 0 radical (unpaired) electrons. The van der Waals surface area contributed by atoms with Crippen LogP contribution < -0.4 is 4.74 Å². The third-order valence-corrected chi connectivity index (χ3v) is 3.48. The molecule has 1 atom stereocenters. The van der Waals surface area contributed by atoms with E-state index in [1.54, 1.807) is 6.07 Å². The summed E-state index contributed by atoms with van der Waals surface area (Å²) in [5.41, 5.74) is 0.834. The van der Waals surface area contributed by atoms with Gasteiger partial charge in [-0.25, -0.2) is 4.39 Å². The summed E-state index contributed by atoms with van der Waals surface area (Å²) in [6.45, 7) is 1.22. The highest BCUT2D eigenvalue weighted by Gasteiger charge is 2.16. The van der Waals surface area contributed by atoms with Crippen molar-refractivity contribution >= 4 is 15.9 Å². The quantitative estimate of drug-likeness (QED) is 0.790. The molecular weight excluding hydrogens is 287 g/mol. The maximum atomic E-state index is 13.6. The van der Waals surface area contributed by atoms with Crippen LogP contribution in [0.3, 0.4) is 0 Å². The lowest BCUT2D eigenvalue weighted by atomic mass is 10.1. The van der Waals surface area contributed by atoms with Crippen LogP contribution in [0, 0.1) is 5.82 Å². The fourth-order valence-corrected chi connectivity index (χ4v) is 2.38. The van der Waals surface area contributed by atoms with Crippen LogP contribution >= 0.6 is 15.9 Å². The van der Waals surface area contributed by atoms with Crippen LogP contribution in [0.15, 0.2) is 18.2 Å². The monoisotopic (exact) mass is 302 g/mol. The number of benzene rings is 1. The third kappa shape index (κ3) is 3.42. The van der Waals surface area contributed by atoms with Crippen molar-refractivity contribution < 1.29 is 13.9 Å². The van der Waals surface area contributed by atoms with Crippen molar-refractivity contribution in [1.82, 2.24) is 0 Å². The van der Waals surface area contributed by atoms with Crippen molar-refractivity contribution in [3.63, 3.8) is 0 Å². The molecule has 1 unspecified atom stereocenters. The molecule has 1 aliphatic rings. The molecule has 1 fully saturated rings. The fraction of sp³-hybridized carbons (Fsp3) is 0.538. The zero-order valence-corrected chi connectivity index (χ0v) is 11.2. The highest BCUT2D eigenvalue weighted by atomic mass is 79.9. The van der Waals surface area contributed by atoms with Gasteiger partial charge in [0.15, 0.2) is 11.6 Å². The van der Waals surface area contributed by atoms with Gasteiger partial charge in [0.2, 0.25) is 0 Å². The van der Waals surface area contributed by atoms with Gasteiger partial charge in [-0.2, -0.15) is 0 Å². The van der Waals surface area contributed by atoms with Crippen molar-refractivity contribution in [2.24, 2.45) is 0 Å². The summed E-state index contributed by atoms with van der Waals surface area (Å²) >= 11 is 3.33. The van der Waals surface area contributed by atoms with E-state index >= 15 is 0 Å². The summed E-state index contributed by atoms with van der Waals surface area (Å²) in [7, 11) is 0. The highest BCUT2D eigenvalue weighted by Crippen LogP contribution is 2.25. The predicted octanol–water partition coefficient (Wildman–Crippen LogP) is 3.67. The average molecular weight is 303 g/mol. The largest absolute Gasteiger partial charge is 0.487 e. The van der Waals surface area contributed by atoms with Gasteiger partial charge in [0.1, 0.15) is 6.61 Å². The van der Waals surface area contributed by atoms with Crippen LogP contribution in [0.1, 0.15) is 24.8 Å². The number of hydrogen-bond acceptors (Lipinski definition) is 2. The number of ether oxygens (including phenoxy) is 2. The molecule has 0 N–H and O–H groups in total. The molecule has 1 saturated heterocycles. The van der Waals surface area contributed by atoms with Crippen molar-refractivity contribution in [2.75, 3.05) is 13.2 Å². The van der Waals surface area contributed by atoms with Crippen molar-refractivity contribution in [3.8, 4) is 5.75 Å². The van der Waals surface area contributed by atoms with Crippen molar-refractivity contribution in [1.29, 1.82) is 0 Å². The zero-order valence-electron chi connectivity index (χ0n) is 9.62. The molecule has 0 spiro atoms. The molecule has 0 amide bonds. The lowest BCUT2D eigenvalue weighted by molar-refractivity contribution is -0.0118. The minimum Gasteiger partial charge on any atom is -0.487 e. The summed E-state index contributed by atoms with van der Waals surface area (Å²) in [4.78, 5) is 0. The van der Waals surface area contributed by atoms with Gasteiger partial charge in [-0.3, -0.25) is 0 Å². The van der Waals surface area contributed by atoms with Gasteiger partial charge in [-0.05, 0) is 25.3 Å². The van der Waals surface area contributed by atoms with Crippen LogP contribution in [-0.2, 0) is 10.1 Å². The molecule has 17 heavy (non-hydrogen) atoms. The Morgan fingerprint density at radius 1 is 1.41 bits per heavy atom. The molecular formula is C13H16BrFO2. The lowest BCUT2D eigenvalue weighted by Crippen LogP contribution is -2.26. The van der Waals surface area contributed by atoms with E-state index < -0.39 is 0 Å². The average Bonchev–Trinajstić information content (AvgIpc) is 2.38. The first-order valence-corrected chi connectivity index (χ1v) is 7.01. The Morgan fingerprint density at radius 2 is 2.29 bits per heavy atom. The number of para-hydroxylation sites is 1. The van der Waals surface area contributed by atoms with Gasteiger partial charge in [-0.15, -0.1) is 0 Å². The lowest BCUT2D eigenvalue weighted by Gasteiger charge is -2.23. The second-order valence-electron chi connectivity index (χ2n) is 4.16. The Labute approximate surface area is 109 Å². The smallest absolute Gasteiger partial charge is 0.165 e. The number of rotatable bonds is 4. The van der Waals surface area contributed by atoms with Gasteiger partial charge < -0.3 is 9.47 Å². The van der Waals surface area contributed by atoms with Crippen molar-refractivity contribution in [3.05, 3.63) is 29.6 Å². The third-order valence-electron chi connectivity index (χ3n) is 2.88. The SMILES string of the molecule is Fc1cccc(CBr)c1OCC1CCCCO1. The van der Waals surface area contributed by atoms with E-state index in [9.17, 15) is 4.39 Å². The minimum absolute atomic E-state index is 0.103. The van der Waals surface area contributed by atoms with Gasteiger partial charge in [-0.1, -0.05) is 28.1 Å². The van der Waals surface area contributed by atoms with Crippen LogP contribution in [0.5, 0.6) is 5.75 Å². The summed E-state index contributed by atoms with van der Waals surface area (Å²) in [5, 5.41) is 0.589. The number of hydrogen-bond donors (Lipinski definition) is 0. The van der Waals surface area contributed by atoms with E-state index in [1.165, 1.54) is 6.07 Å². The topological polar surface area (TPSA) is 18.5 Å². The number of alkyl halides is 1. The Balaban J connectivity index is 1.97. The Hall–Kier alpha value is -0.610. The summed E-state index contributed by atoms with van der Waals surface area (Å²) < 4.78 is 24.7. The number of halogens is 2. The second-order valence-corrected chi connectivity index (χ2v) is 4.72. The van der Waals surface area contributed by atoms with E-state index in [2.05, 4.69) is 15.9 Å². The van der Waals surface area contributed by atoms with E-state index in [0.717, 1.165) is 31.4 Å². The Kier molecular flexibility index (Phi) is 4.80. The van der Waals surface area contributed by atoms with E-state index in [1.807, 2.05) is 6.07 Å². The molecule has 2 rings (SSSR count). The van der Waals surface area contributed by atoms with Crippen LogP contribution in [-0.4, -0.2) is 19.3 Å². The second kappa shape index (κ2) is 6.36. The van der Waals surface area contributed by atoms with Gasteiger partial charge in [0.05, 0.1) is 6.10 Å². The van der Waals surface area contributed by atoms with E-state index in [-0.39, 0.29) is 11.9 Å². The molecule has 1 aromatic rings. The normalized spacial score (nSPS) is 20.2. The maximum Gasteiger partial charge on any atom is 0.165 e. The first-order chi connectivity index (χ1) is 8.31.